The average Bonchev–Trinajstić information content (AvgIpc) is 3.07. The monoisotopic (exact) mass is 439 g/mol. The quantitative estimate of drug-likeness (QED) is 0.571. The number of amidine groups is 1. The van der Waals surface area contributed by atoms with Crippen molar-refractivity contribution in [3.8, 4) is 11.3 Å². The normalized spacial score (nSPS) is 16.1. The largest absolute Gasteiger partial charge is 0.392 e. The summed E-state index contributed by atoms with van der Waals surface area (Å²) in [4.78, 5) is 9.12. The number of pyridine rings is 1. The minimum atomic E-state index is -0.853. The number of aromatic amines is 1. The second-order valence-corrected chi connectivity index (χ2v) is 8.17. The zero-order valence-electron chi connectivity index (χ0n) is 17.6. The lowest BCUT2D eigenvalue weighted by molar-refractivity contribution is 0.0663. The average molecular weight is 439 g/mol. The molecule has 7 nitrogen and oxygen atoms in total. The van der Waals surface area contributed by atoms with Gasteiger partial charge >= 0.3 is 0 Å². The van der Waals surface area contributed by atoms with E-state index in [4.69, 9.17) is 4.74 Å². The van der Waals surface area contributed by atoms with Gasteiger partial charge < -0.3 is 15.2 Å². The number of hydrogen-bond acceptors (Lipinski definition) is 6. The highest BCUT2D eigenvalue weighted by atomic mass is 19.1. The van der Waals surface area contributed by atoms with Crippen molar-refractivity contribution in [3.63, 3.8) is 0 Å². The number of aryl methyl sites for hydroxylation is 1. The summed E-state index contributed by atoms with van der Waals surface area (Å²) in [5.41, 5.74) is 3.67. The molecule has 9 heteroatoms. The number of nitrogens with zero attached hydrogens (tertiary/aromatic N) is 3. The first-order valence-corrected chi connectivity index (χ1v) is 10.6. The van der Waals surface area contributed by atoms with E-state index in [1.54, 1.807) is 13.1 Å². The molecule has 0 atom stereocenters. The van der Waals surface area contributed by atoms with E-state index in [9.17, 15) is 13.9 Å². The first-order chi connectivity index (χ1) is 15.5. The predicted molar refractivity (Wildman–Crippen MR) is 116 cm³/mol. The molecule has 0 aliphatic carbocycles. The highest BCUT2D eigenvalue weighted by Crippen LogP contribution is 2.39. The Bertz CT molecular complexity index is 1200. The maximum Gasteiger partial charge on any atom is 0.144 e. The van der Waals surface area contributed by atoms with Crippen molar-refractivity contribution in [1.82, 2.24) is 15.2 Å². The number of aliphatic hydroxyl groups excluding tert-OH is 1. The molecule has 0 unspecified atom stereocenters. The van der Waals surface area contributed by atoms with Gasteiger partial charge in [0.1, 0.15) is 28.9 Å². The maximum atomic E-state index is 15.0. The number of aromatic nitrogens is 3. The van der Waals surface area contributed by atoms with Crippen LogP contribution in [0.2, 0.25) is 0 Å². The summed E-state index contributed by atoms with van der Waals surface area (Å²) in [6.45, 7) is 2.79. The molecular weight excluding hydrogens is 416 g/mol. The SMILES string of the molecule is Cc1[nH]nc2c1N=C(c1c(F)ccc(CO)c1F)Nc1cnc(CC3CCOCC3)cc1-2. The number of fused-ring (bicyclic) bond motifs is 3. The standard InChI is InChI=1S/C23H23F2N5O2/c1-12-21-22(30-29-12)16-9-15(8-13-4-6-32-7-5-13)26-10-18(16)27-23(28-21)19-17(24)3-2-14(11-31)20(19)25/h2-3,9-10,13,31H,4-8,11H2,1H3,(H,27,28)(H,29,30). The van der Waals surface area contributed by atoms with E-state index in [1.165, 1.54) is 6.07 Å². The predicted octanol–water partition coefficient (Wildman–Crippen LogP) is 4.02. The Morgan fingerprint density at radius 3 is 2.81 bits per heavy atom. The van der Waals surface area contributed by atoms with Crippen molar-refractivity contribution in [1.29, 1.82) is 0 Å². The number of rotatable bonds is 4. The van der Waals surface area contributed by atoms with Crippen molar-refractivity contribution in [2.75, 3.05) is 18.5 Å². The molecule has 0 bridgehead atoms. The minimum absolute atomic E-state index is 0.00113. The zero-order valence-corrected chi connectivity index (χ0v) is 17.6. The number of benzene rings is 1. The van der Waals surface area contributed by atoms with E-state index in [0.717, 1.165) is 49.8 Å². The molecule has 2 aliphatic heterocycles. The van der Waals surface area contributed by atoms with Crippen LogP contribution in [0.3, 0.4) is 0 Å². The molecule has 1 saturated heterocycles. The fourth-order valence-corrected chi connectivity index (χ4v) is 4.22. The fraction of sp³-hybridized carbons (Fsp3) is 0.348. The van der Waals surface area contributed by atoms with Crippen LogP contribution in [0.5, 0.6) is 0 Å². The van der Waals surface area contributed by atoms with Crippen molar-refractivity contribution in [2.45, 2.75) is 32.8 Å². The van der Waals surface area contributed by atoms with Crippen molar-refractivity contribution in [3.05, 3.63) is 58.5 Å². The van der Waals surface area contributed by atoms with Crippen LogP contribution in [0.25, 0.3) is 11.3 Å². The zero-order chi connectivity index (χ0) is 22.2. The molecule has 4 heterocycles. The van der Waals surface area contributed by atoms with Gasteiger partial charge in [0.2, 0.25) is 0 Å². The van der Waals surface area contributed by atoms with Crippen LogP contribution in [0.15, 0.2) is 29.4 Å². The van der Waals surface area contributed by atoms with E-state index in [-0.39, 0.29) is 17.0 Å². The van der Waals surface area contributed by atoms with Gasteiger partial charge in [-0.1, -0.05) is 6.07 Å². The number of aliphatic imine (C=N–C) groups is 1. The van der Waals surface area contributed by atoms with Gasteiger partial charge in [0.05, 0.1) is 29.7 Å². The second kappa shape index (κ2) is 8.40. The lowest BCUT2D eigenvalue weighted by atomic mass is 9.94. The second-order valence-electron chi connectivity index (χ2n) is 8.17. The molecule has 3 N–H and O–H groups in total. The number of ether oxygens (including phenoxy) is 1. The van der Waals surface area contributed by atoms with Gasteiger partial charge in [-0.05, 0) is 44.2 Å². The Morgan fingerprint density at radius 1 is 1.22 bits per heavy atom. The van der Waals surface area contributed by atoms with Crippen molar-refractivity contribution >= 4 is 17.2 Å². The van der Waals surface area contributed by atoms with E-state index in [1.807, 2.05) is 6.07 Å². The van der Waals surface area contributed by atoms with E-state index < -0.39 is 18.2 Å². The van der Waals surface area contributed by atoms with Crippen LogP contribution < -0.4 is 5.32 Å². The molecule has 32 heavy (non-hydrogen) atoms. The van der Waals surface area contributed by atoms with Gasteiger partial charge in [0.25, 0.3) is 0 Å². The fourth-order valence-electron chi connectivity index (χ4n) is 4.22. The third-order valence-electron chi connectivity index (χ3n) is 6.02. The first kappa shape index (κ1) is 20.7. The maximum absolute atomic E-state index is 15.0. The third-order valence-corrected chi connectivity index (χ3v) is 6.02. The topological polar surface area (TPSA) is 95.4 Å². The highest BCUT2D eigenvalue weighted by Gasteiger charge is 2.26. The molecule has 0 amide bonds. The summed E-state index contributed by atoms with van der Waals surface area (Å²) in [6, 6.07) is 4.31. The van der Waals surface area contributed by atoms with Crippen LogP contribution in [-0.4, -0.2) is 39.3 Å². The number of anilines is 1. The van der Waals surface area contributed by atoms with Crippen LogP contribution in [-0.2, 0) is 17.8 Å². The molecule has 2 aromatic heterocycles. The van der Waals surface area contributed by atoms with Gasteiger partial charge in [-0.25, -0.2) is 13.8 Å². The Balaban J connectivity index is 1.59. The minimum Gasteiger partial charge on any atom is -0.392 e. The molecule has 2 aliphatic rings. The Morgan fingerprint density at radius 2 is 2.03 bits per heavy atom. The summed E-state index contributed by atoms with van der Waals surface area (Å²) in [5, 5.41) is 19.8. The van der Waals surface area contributed by atoms with Gasteiger partial charge in [0.15, 0.2) is 0 Å². The summed E-state index contributed by atoms with van der Waals surface area (Å²) in [7, 11) is 0. The van der Waals surface area contributed by atoms with Crippen LogP contribution >= 0.6 is 0 Å². The van der Waals surface area contributed by atoms with Crippen LogP contribution in [0.1, 0.15) is 35.4 Å². The number of halogens is 2. The van der Waals surface area contributed by atoms with Crippen LogP contribution in [0.4, 0.5) is 20.2 Å². The first-order valence-electron chi connectivity index (χ1n) is 10.6. The third kappa shape index (κ3) is 3.67. The van der Waals surface area contributed by atoms with Crippen molar-refractivity contribution < 1.29 is 18.6 Å². The number of hydrogen-bond donors (Lipinski definition) is 3. The van der Waals surface area contributed by atoms with Gasteiger partial charge in [-0.3, -0.25) is 10.1 Å². The van der Waals surface area contributed by atoms with Crippen molar-refractivity contribution in [2.24, 2.45) is 10.9 Å². The van der Waals surface area contributed by atoms with E-state index in [2.05, 4.69) is 25.5 Å². The Kier molecular flexibility index (Phi) is 5.44. The van der Waals surface area contributed by atoms with E-state index >= 15 is 0 Å². The lowest BCUT2D eigenvalue weighted by Crippen LogP contribution is -2.19. The summed E-state index contributed by atoms with van der Waals surface area (Å²) in [5.74, 6) is -1.13. The molecule has 166 valence electrons. The molecule has 0 spiro atoms. The van der Waals surface area contributed by atoms with E-state index in [0.29, 0.717) is 28.7 Å². The summed E-state index contributed by atoms with van der Waals surface area (Å²) < 4.78 is 35.1. The molecular formula is C23H23F2N5O2. The van der Waals surface area contributed by atoms with Crippen LogP contribution in [0, 0.1) is 24.5 Å². The van der Waals surface area contributed by atoms with Gasteiger partial charge in [0, 0.05) is 30.0 Å². The Labute approximate surface area is 183 Å². The molecule has 1 aromatic carbocycles. The number of nitrogens with one attached hydrogen (secondary N) is 2. The summed E-state index contributed by atoms with van der Waals surface area (Å²) >= 11 is 0. The Hall–Kier alpha value is -3.17. The smallest absolute Gasteiger partial charge is 0.144 e. The number of aliphatic hydroxyl groups is 1. The number of H-pyrrole nitrogens is 1. The van der Waals surface area contributed by atoms with Gasteiger partial charge in [-0.2, -0.15) is 5.10 Å². The molecule has 5 rings (SSSR count). The van der Waals surface area contributed by atoms with Gasteiger partial charge in [-0.15, -0.1) is 0 Å². The molecule has 1 fully saturated rings. The molecule has 3 aromatic rings. The lowest BCUT2D eigenvalue weighted by Gasteiger charge is -2.22. The summed E-state index contributed by atoms with van der Waals surface area (Å²) in [6.07, 6.45) is 4.48. The molecule has 0 saturated carbocycles. The highest BCUT2D eigenvalue weighted by molar-refractivity contribution is 6.13. The molecule has 0 radical (unpaired) electrons.